The molecule has 1 aliphatic rings. The van der Waals surface area contributed by atoms with Crippen molar-refractivity contribution in [2.24, 2.45) is 0 Å². The quantitative estimate of drug-likeness (QED) is 0.562. The Morgan fingerprint density at radius 1 is 1.04 bits per heavy atom. The second-order valence-corrected chi connectivity index (χ2v) is 7.63. The molecule has 1 saturated heterocycles. The molecule has 0 radical (unpaired) electrons. The third kappa shape index (κ3) is 2.83. The summed E-state index contributed by atoms with van der Waals surface area (Å²) >= 11 is 13.5. The standard InChI is InChI=1S/C18H15Cl2NO2S/c19-13-5-4-11(8-14(13)20)12-10-24-18-15(22)9-16(23-17(12)18)21-6-2-1-3-7-21/h4-5,8-10H,1-3,6-7H2. The topological polar surface area (TPSA) is 33.5 Å². The Balaban J connectivity index is 1.86. The summed E-state index contributed by atoms with van der Waals surface area (Å²) in [6.45, 7) is 1.86. The van der Waals surface area contributed by atoms with E-state index in [4.69, 9.17) is 27.6 Å². The van der Waals surface area contributed by atoms with Crippen LogP contribution in [0.3, 0.4) is 0 Å². The first-order chi connectivity index (χ1) is 11.6. The summed E-state index contributed by atoms with van der Waals surface area (Å²) < 4.78 is 6.77. The van der Waals surface area contributed by atoms with Gasteiger partial charge in [0.1, 0.15) is 4.70 Å². The van der Waals surface area contributed by atoms with E-state index in [2.05, 4.69) is 4.90 Å². The number of nitrogens with zero attached hydrogens (tertiary/aromatic N) is 1. The lowest BCUT2D eigenvalue weighted by Crippen LogP contribution is -2.29. The first-order valence-corrected chi connectivity index (χ1v) is 9.53. The van der Waals surface area contributed by atoms with Crippen LogP contribution in [0, 0.1) is 0 Å². The van der Waals surface area contributed by atoms with Crippen LogP contribution in [-0.2, 0) is 0 Å². The lowest BCUT2D eigenvalue weighted by molar-refractivity contribution is 0.513. The van der Waals surface area contributed by atoms with Gasteiger partial charge in [-0.25, -0.2) is 0 Å². The van der Waals surface area contributed by atoms with Gasteiger partial charge in [-0.2, -0.15) is 0 Å². The summed E-state index contributed by atoms with van der Waals surface area (Å²) in [6.07, 6.45) is 3.49. The van der Waals surface area contributed by atoms with E-state index in [1.165, 1.54) is 17.8 Å². The number of piperidine rings is 1. The lowest BCUT2D eigenvalue weighted by atomic mass is 10.1. The van der Waals surface area contributed by atoms with Gasteiger partial charge in [-0.1, -0.05) is 29.3 Å². The van der Waals surface area contributed by atoms with Gasteiger partial charge < -0.3 is 9.32 Å². The summed E-state index contributed by atoms with van der Waals surface area (Å²) in [5.41, 5.74) is 2.42. The first-order valence-electron chi connectivity index (χ1n) is 7.89. The molecule has 1 aliphatic heterocycles. The van der Waals surface area contributed by atoms with Crippen molar-refractivity contribution in [3.05, 3.63) is 49.9 Å². The van der Waals surface area contributed by atoms with E-state index in [0.717, 1.165) is 37.1 Å². The van der Waals surface area contributed by atoms with Gasteiger partial charge in [-0.05, 0) is 37.0 Å². The van der Waals surface area contributed by atoms with Crippen LogP contribution < -0.4 is 10.3 Å². The molecule has 1 aromatic carbocycles. The molecule has 0 saturated carbocycles. The van der Waals surface area contributed by atoms with Gasteiger partial charge in [0, 0.05) is 30.1 Å². The molecule has 124 valence electrons. The Morgan fingerprint density at radius 3 is 2.58 bits per heavy atom. The van der Waals surface area contributed by atoms with E-state index in [9.17, 15) is 4.79 Å². The van der Waals surface area contributed by atoms with Crippen LogP contribution in [-0.4, -0.2) is 13.1 Å². The molecule has 6 heteroatoms. The molecule has 0 bridgehead atoms. The largest absolute Gasteiger partial charge is 0.439 e. The van der Waals surface area contributed by atoms with Gasteiger partial charge in [-0.15, -0.1) is 11.3 Å². The predicted molar refractivity (Wildman–Crippen MR) is 102 cm³/mol. The van der Waals surface area contributed by atoms with Crippen molar-refractivity contribution in [3.8, 4) is 11.1 Å². The third-order valence-corrected chi connectivity index (χ3v) is 6.04. The number of halogens is 2. The Labute approximate surface area is 153 Å². The third-order valence-electron chi connectivity index (χ3n) is 4.33. The van der Waals surface area contributed by atoms with Crippen LogP contribution in [0.5, 0.6) is 0 Å². The van der Waals surface area contributed by atoms with E-state index < -0.39 is 0 Å². The molecule has 0 spiro atoms. The van der Waals surface area contributed by atoms with Crippen LogP contribution in [0.2, 0.25) is 10.0 Å². The molecule has 0 amide bonds. The number of rotatable bonds is 2. The normalized spacial score (nSPS) is 15.2. The zero-order valence-electron chi connectivity index (χ0n) is 12.9. The van der Waals surface area contributed by atoms with E-state index in [0.29, 0.717) is 26.2 Å². The Hall–Kier alpha value is -1.49. The molecule has 0 aliphatic carbocycles. The van der Waals surface area contributed by atoms with E-state index in [-0.39, 0.29) is 5.43 Å². The van der Waals surface area contributed by atoms with Crippen LogP contribution >= 0.6 is 34.5 Å². The maximum atomic E-state index is 12.5. The number of hydrogen-bond acceptors (Lipinski definition) is 4. The molecule has 2 aromatic heterocycles. The second kappa shape index (κ2) is 6.43. The fraction of sp³-hybridized carbons (Fsp3) is 0.278. The number of anilines is 1. The van der Waals surface area contributed by atoms with Gasteiger partial charge >= 0.3 is 0 Å². The maximum absolute atomic E-state index is 12.5. The maximum Gasteiger partial charge on any atom is 0.204 e. The van der Waals surface area contributed by atoms with E-state index in [1.54, 1.807) is 18.2 Å². The summed E-state index contributed by atoms with van der Waals surface area (Å²) in [6, 6.07) is 7.07. The van der Waals surface area contributed by atoms with Gasteiger partial charge in [0.25, 0.3) is 0 Å². The molecule has 0 N–H and O–H groups in total. The van der Waals surface area contributed by atoms with Crippen molar-refractivity contribution in [2.45, 2.75) is 19.3 Å². The van der Waals surface area contributed by atoms with Gasteiger partial charge in [-0.3, -0.25) is 4.79 Å². The summed E-state index contributed by atoms with van der Waals surface area (Å²) in [4.78, 5) is 14.6. The first kappa shape index (κ1) is 16.0. The average Bonchev–Trinajstić information content (AvgIpc) is 3.03. The van der Waals surface area contributed by atoms with Gasteiger partial charge in [0.15, 0.2) is 11.5 Å². The molecule has 3 nitrogen and oxygen atoms in total. The van der Waals surface area contributed by atoms with Crippen molar-refractivity contribution in [1.82, 2.24) is 0 Å². The van der Waals surface area contributed by atoms with Crippen molar-refractivity contribution in [3.63, 3.8) is 0 Å². The average molecular weight is 380 g/mol. The summed E-state index contributed by atoms with van der Waals surface area (Å²) in [5, 5.41) is 2.94. The van der Waals surface area contributed by atoms with Crippen LogP contribution in [0.25, 0.3) is 21.4 Å². The highest BCUT2D eigenvalue weighted by atomic mass is 35.5. The van der Waals surface area contributed by atoms with Crippen LogP contribution in [0.1, 0.15) is 19.3 Å². The van der Waals surface area contributed by atoms with Crippen LogP contribution in [0.4, 0.5) is 5.88 Å². The Kier molecular flexibility index (Phi) is 4.29. The molecule has 0 unspecified atom stereocenters. The molecule has 3 heterocycles. The van der Waals surface area contributed by atoms with Crippen LogP contribution in [0.15, 0.2) is 38.9 Å². The number of hydrogen-bond donors (Lipinski definition) is 0. The molecular formula is C18H15Cl2NO2S. The van der Waals surface area contributed by atoms with Crippen molar-refractivity contribution < 1.29 is 4.42 Å². The summed E-state index contributed by atoms with van der Waals surface area (Å²) in [7, 11) is 0. The van der Waals surface area contributed by atoms with Gasteiger partial charge in [0.05, 0.1) is 10.0 Å². The minimum absolute atomic E-state index is 0.00753. The fourth-order valence-electron chi connectivity index (χ4n) is 3.06. The summed E-state index contributed by atoms with van der Waals surface area (Å²) in [5.74, 6) is 0.659. The van der Waals surface area contributed by atoms with E-state index >= 15 is 0 Å². The SMILES string of the molecule is O=c1cc(N2CCCCC2)oc2c(-c3ccc(Cl)c(Cl)c3)csc12. The smallest absolute Gasteiger partial charge is 0.204 e. The van der Waals surface area contributed by atoms with Crippen molar-refractivity contribution in [1.29, 1.82) is 0 Å². The molecule has 0 atom stereocenters. The molecule has 1 fully saturated rings. The Bertz CT molecular complexity index is 957. The van der Waals surface area contributed by atoms with E-state index in [1.807, 2.05) is 11.4 Å². The lowest BCUT2D eigenvalue weighted by Gasteiger charge is -2.26. The van der Waals surface area contributed by atoms with Crippen molar-refractivity contribution in [2.75, 3.05) is 18.0 Å². The second-order valence-electron chi connectivity index (χ2n) is 5.93. The zero-order chi connectivity index (χ0) is 16.7. The van der Waals surface area contributed by atoms with Gasteiger partial charge in [0.2, 0.25) is 5.43 Å². The monoisotopic (exact) mass is 379 g/mol. The van der Waals surface area contributed by atoms with Crippen molar-refractivity contribution >= 4 is 50.7 Å². The Morgan fingerprint density at radius 2 is 1.83 bits per heavy atom. The number of benzene rings is 1. The molecule has 3 aromatic rings. The zero-order valence-corrected chi connectivity index (χ0v) is 15.2. The highest BCUT2D eigenvalue weighted by molar-refractivity contribution is 7.17. The number of thiophene rings is 1. The number of fused-ring (bicyclic) bond motifs is 1. The molecular weight excluding hydrogens is 365 g/mol. The predicted octanol–water partition coefficient (Wildman–Crippen LogP) is 5.82. The minimum Gasteiger partial charge on any atom is -0.439 e. The fourth-order valence-corrected chi connectivity index (χ4v) is 4.27. The minimum atomic E-state index is 0.00753. The highest BCUT2D eigenvalue weighted by Gasteiger charge is 2.18. The molecule has 24 heavy (non-hydrogen) atoms. The highest BCUT2D eigenvalue weighted by Crippen LogP contribution is 2.37. The molecule has 4 rings (SSSR count).